The first-order chi connectivity index (χ1) is 8.83. The van der Waals surface area contributed by atoms with Gasteiger partial charge in [-0.1, -0.05) is 17.2 Å². The largest absolute Gasteiger partial charge is 0.457 e. The van der Waals surface area contributed by atoms with E-state index in [0.717, 1.165) is 0 Å². The van der Waals surface area contributed by atoms with Gasteiger partial charge < -0.3 is 4.74 Å². The molecule has 0 aromatic heterocycles. The van der Waals surface area contributed by atoms with Crippen molar-refractivity contribution in [1.82, 2.24) is 0 Å². The second kappa shape index (κ2) is 5.39. The van der Waals surface area contributed by atoms with Crippen molar-refractivity contribution in [2.45, 2.75) is 0 Å². The first-order valence-corrected chi connectivity index (χ1v) is 5.15. The Kier molecular flexibility index (Phi) is 3.45. The number of hydrogen-bond acceptors (Lipinski definition) is 3. The van der Waals surface area contributed by atoms with Crippen LogP contribution < -0.4 is 4.74 Å². The Hall–Kier alpha value is -2.96. The lowest BCUT2D eigenvalue weighted by Crippen LogP contribution is -1.84. The molecule has 0 radical (unpaired) electrons. The van der Waals surface area contributed by atoms with Crippen LogP contribution in [0.15, 0.2) is 53.6 Å². The summed E-state index contributed by atoms with van der Waals surface area (Å²) in [5, 5.41) is 12.2. The molecule has 0 saturated carbocycles. The molecule has 0 spiro atoms. The maximum atomic E-state index is 8.69. The van der Waals surface area contributed by atoms with Crippen LogP contribution >= 0.6 is 0 Å². The van der Waals surface area contributed by atoms with Crippen LogP contribution in [0.25, 0.3) is 10.4 Å². The summed E-state index contributed by atoms with van der Waals surface area (Å²) in [6, 6.07) is 15.6. The van der Waals surface area contributed by atoms with E-state index in [1.54, 1.807) is 48.5 Å². The summed E-state index contributed by atoms with van der Waals surface area (Å²) in [6.45, 7) is 0. The van der Waals surface area contributed by atoms with Gasteiger partial charge in [-0.05, 0) is 41.9 Å². The number of azide groups is 1. The minimum Gasteiger partial charge on any atom is -0.457 e. The summed E-state index contributed by atoms with van der Waals surface area (Å²) in [5.41, 5.74) is 9.43. The average Bonchev–Trinajstić information content (AvgIpc) is 2.42. The molecule has 0 N–H and O–H groups in total. The van der Waals surface area contributed by atoms with Gasteiger partial charge in [0, 0.05) is 4.91 Å². The number of ether oxygens (including phenoxy) is 1. The number of benzene rings is 2. The van der Waals surface area contributed by atoms with Crippen molar-refractivity contribution in [3.05, 3.63) is 64.5 Å². The molecule has 0 unspecified atom stereocenters. The van der Waals surface area contributed by atoms with E-state index >= 15 is 0 Å². The smallest absolute Gasteiger partial charge is 0.137 e. The maximum Gasteiger partial charge on any atom is 0.137 e. The normalized spacial score (nSPS) is 9.06. The van der Waals surface area contributed by atoms with Crippen molar-refractivity contribution < 1.29 is 4.74 Å². The quantitative estimate of drug-likeness (QED) is 0.452. The Morgan fingerprint density at radius 1 is 1.11 bits per heavy atom. The third kappa shape index (κ3) is 2.59. The van der Waals surface area contributed by atoms with Crippen molar-refractivity contribution >= 4 is 5.69 Å². The first-order valence-electron chi connectivity index (χ1n) is 5.15. The Morgan fingerprint density at radius 2 is 1.83 bits per heavy atom. The molecule has 0 saturated heterocycles. The Labute approximate surface area is 103 Å². The summed E-state index contributed by atoms with van der Waals surface area (Å²) in [5.74, 6) is 1.05. The van der Waals surface area contributed by atoms with Gasteiger partial charge in [-0.2, -0.15) is 5.26 Å². The lowest BCUT2D eigenvalue weighted by atomic mass is 10.2. The van der Waals surface area contributed by atoms with Crippen molar-refractivity contribution in [1.29, 1.82) is 5.26 Å². The van der Waals surface area contributed by atoms with E-state index in [1.807, 2.05) is 6.07 Å². The fourth-order valence-corrected chi connectivity index (χ4v) is 1.40. The molecular weight excluding hydrogens is 228 g/mol. The topological polar surface area (TPSA) is 81.8 Å². The fourth-order valence-electron chi connectivity index (χ4n) is 1.40. The molecule has 2 aromatic carbocycles. The van der Waals surface area contributed by atoms with Crippen LogP contribution in [-0.4, -0.2) is 0 Å². The lowest BCUT2D eigenvalue weighted by molar-refractivity contribution is 0.484. The van der Waals surface area contributed by atoms with Crippen LogP contribution in [0.5, 0.6) is 11.5 Å². The van der Waals surface area contributed by atoms with Gasteiger partial charge in [0.2, 0.25) is 0 Å². The molecule has 0 heterocycles. The number of hydrogen-bond donors (Lipinski definition) is 0. The molecule has 86 valence electrons. The van der Waals surface area contributed by atoms with E-state index in [1.165, 1.54) is 0 Å². The first kappa shape index (κ1) is 11.5. The van der Waals surface area contributed by atoms with E-state index in [9.17, 15) is 0 Å². The summed E-state index contributed by atoms with van der Waals surface area (Å²) in [6.07, 6.45) is 0. The molecule has 2 aromatic rings. The van der Waals surface area contributed by atoms with E-state index in [2.05, 4.69) is 10.0 Å². The standard InChI is InChI=1S/C13H8N4O/c14-9-10-5-7-11(8-6-10)18-13-4-2-1-3-12(13)16-17-15/h1-8H. The van der Waals surface area contributed by atoms with Crippen molar-refractivity contribution in [2.24, 2.45) is 5.11 Å². The summed E-state index contributed by atoms with van der Waals surface area (Å²) < 4.78 is 5.59. The molecule has 5 heteroatoms. The second-order valence-corrected chi connectivity index (χ2v) is 3.40. The molecule has 18 heavy (non-hydrogen) atoms. The van der Waals surface area contributed by atoms with E-state index < -0.39 is 0 Å². The van der Waals surface area contributed by atoms with E-state index in [4.69, 9.17) is 15.5 Å². The highest BCUT2D eigenvalue weighted by molar-refractivity contribution is 5.53. The summed E-state index contributed by atoms with van der Waals surface area (Å²) in [7, 11) is 0. The molecule has 0 fully saturated rings. The SMILES string of the molecule is N#Cc1ccc(Oc2ccccc2N=[N+]=[N-])cc1. The van der Waals surface area contributed by atoms with Crippen LogP contribution in [0.1, 0.15) is 5.56 Å². The minimum atomic E-state index is 0.421. The number of para-hydroxylation sites is 1. The molecular formula is C13H8N4O. The highest BCUT2D eigenvalue weighted by Gasteiger charge is 2.02. The van der Waals surface area contributed by atoms with Gasteiger partial charge in [-0.15, -0.1) is 0 Å². The zero-order valence-electron chi connectivity index (χ0n) is 9.32. The van der Waals surface area contributed by atoms with Crippen molar-refractivity contribution in [3.8, 4) is 17.6 Å². The fraction of sp³-hybridized carbons (Fsp3) is 0. The molecule has 0 bridgehead atoms. The van der Waals surface area contributed by atoms with Crippen LogP contribution in [0.3, 0.4) is 0 Å². The van der Waals surface area contributed by atoms with Gasteiger partial charge in [0.15, 0.2) is 0 Å². The average molecular weight is 236 g/mol. The monoisotopic (exact) mass is 236 g/mol. The maximum absolute atomic E-state index is 8.69. The Balaban J connectivity index is 2.28. The van der Waals surface area contributed by atoms with Crippen molar-refractivity contribution in [2.75, 3.05) is 0 Å². The van der Waals surface area contributed by atoms with E-state index in [0.29, 0.717) is 22.7 Å². The van der Waals surface area contributed by atoms with Gasteiger partial charge in [-0.3, -0.25) is 0 Å². The molecule has 0 atom stereocenters. The van der Waals surface area contributed by atoms with Crippen LogP contribution in [0, 0.1) is 11.3 Å². The highest BCUT2D eigenvalue weighted by atomic mass is 16.5. The van der Waals surface area contributed by atoms with Gasteiger partial charge in [-0.25, -0.2) is 0 Å². The number of nitrogens with zero attached hydrogens (tertiary/aromatic N) is 4. The number of nitriles is 1. The second-order valence-electron chi connectivity index (χ2n) is 3.40. The zero-order chi connectivity index (χ0) is 12.8. The van der Waals surface area contributed by atoms with Crippen LogP contribution in [0.2, 0.25) is 0 Å². The Bertz CT molecular complexity index is 637. The molecule has 2 rings (SSSR count). The van der Waals surface area contributed by atoms with Gasteiger partial charge in [0.25, 0.3) is 0 Å². The Morgan fingerprint density at radius 3 is 2.50 bits per heavy atom. The molecule has 0 amide bonds. The van der Waals surface area contributed by atoms with Crippen LogP contribution in [0.4, 0.5) is 5.69 Å². The highest BCUT2D eigenvalue weighted by Crippen LogP contribution is 2.31. The molecule has 0 aliphatic heterocycles. The van der Waals surface area contributed by atoms with Gasteiger partial charge >= 0.3 is 0 Å². The predicted octanol–water partition coefficient (Wildman–Crippen LogP) is 4.29. The number of rotatable bonds is 3. The van der Waals surface area contributed by atoms with E-state index in [-0.39, 0.29) is 0 Å². The van der Waals surface area contributed by atoms with Gasteiger partial charge in [0.05, 0.1) is 17.3 Å². The summed E-state index contributed by atoms with van der Waals surface area (Å²) >= 11 is 0. The molecule has 0 aliphatic carbocycles. The molecule has 0 aliphatic rings. The van der Waals surface area contributed by atoms with Crippen molar-refractivity contribution in [3.63, 3.8) is 0 Å². The molecule has 5 nitrogen and oxygen atoms in total. The lowest BCUT2D eigenvalue weighted by Gasteiger charge is -2.07. The summed E-state index contributed by atoms with van der Waals surface area (Å²) in [4.78, 5) is 2.74. The third-order valence-corrected chi connectivity index (χ3v) is 2.23. The predicted molar refractivity (Wildman–Crippen MR) is 66.5 cm³/mol. The zero-order valence-corrected chi connectivity index (χ0v) is 9.32. The third-order valence-electron chi connectivity index (χ3n) is 2.23. The van der Waals surface area contributed by atoms with Crippen LogP contribution in [-0.2, 0) is 0 Å². The van der Waals surface area contributed by atoms with Gasteiger partial charge in [0.1, 0.15) is 11.5 Å². The minimum absolute atomic E-state index is 0.421.